The lowest BCUT2D eigenvalue weighted by Gasteiger charge is -2.34. The van der Waals surface area contributed by atoms with Gasteiger partial charge in [-0.05, 0) is 64.3 Å². The molecule has 1 aromatic carbocycles. The zero-order valence-corrected chi connectivity index (χ0v) is 20.1. The number of hydrogen-bond acceptors (Lipinski definition) is 6. The fourth-order valence-corrected chi connectivity index (χ4v) is 5.49. The van der Waals surface area contributed by atoms with Crippen molar-refractivity contribution in [3.63, 3.8) is 0 Å². The Morgan fingerprint density at radius 1 is 1.09 bits per heavy atom. The van der Waals surface area contributed by atoms with Crippen LogP contribution in [0.15, 0.2) is 41.8 Å². The summed E-state index contributed by atoms with van der Waals surface area (Å²) in [6, 6.07) is 4.98. The second kappa shape index (κ2) is 13.0. The molecule has 0 aromatic heterocycles. The first-order chi connectivity index (χ1) is 15.3. The Kier molecular flexibility index (Phi) is 10.8. The summed E-state index contributed by atoms with van der Waals surface area (Å²) >= 11 is 0. The number of unbranched alkanes of at least 4 members (excludes halogenated alkanes) is 3. The largest absolute Gasteiger partial charge is 0.378 e. The number of sulfonamides is 1. The number of likely N-dealkylation sites (N-methyl/N-ethyl adjacent to an activating group) is 1. The van der Waals surface area contributed by atoms with Crippen LogP contribution in [0.25, 0.3) is 0 Å². The highest BCUT2D eigenvalue weighted by molar-refractivity contribution is 7.89. The van der Waals surface area contributed by atoms with Gasteiger partial charge < -0.3 is 9.64 Å². The molecule has 0 radical (unpaired) electrons. The van der Waals surface area contributed by atoms with Crippen molar-refractivity contribution in [3.8, 4) is 0 Å². The molecule has 32 heavy (non-hydrogen) atoms. The number of hydrogen-bond donors (Lipinski definition) is 0. The van der Waals surface area contributed by atoms with Gasteiger partial charge in [0.2, 0.25) is 10.0 Å². The van der Waals surface area contributed by atoms with Crippen LogP contribution in [-0.2, 0) is 14.8 Å². The number of nitro benzene ring substituents is 1. The number of rotatable bonds is 14. The van der Waals surface area contributed by atoms with Crippen molar-refractivity contribution in [1.29, 1.82) is 0 Å². The quantitative estimate of drug-likeness (QED) is 0.176. The lowest BCUT2D eigenvalue weighted by Crippen LogP contribution is -2.40. The van der Waals surface area contributed by atoms with Crippen LogP contribution < -0.4 is 0 Å². The van der Waals surface area contributed by atoms with E-state index in [0.29, 0.717) is 0 Å². The van der Waals surface area contributed by atoms with Gasteiger partial charge in [-0.25, -0.2) is 8.42 Å². The van der Waals surface area contributed by atoms with Crippen LogP contribution in [0, 0.1) is 10.1 Å². The first-order valence-corrected chi connectivity index (χ1v) is 12.8. The van der Waals surface area contributed by atoms with Crippen molar-refractivity contribution in [2.45, 2.75) is 68.4 Å². The van der Waals surface area contributed by atoms with Gasteiger partial charge in [-0.3, -0.25) is 10.1 Å². The molecule has 1 aliphatic carbocycles. The average molecular weight is 468 g/mol. The Balaban J connectivity index is 1.68. The summed E-state index contributed by atoms with van der Waals surface area (Å²) in [6.45, 7) is 6.53. The molecule has 0 unspecified atom stereocenters. The second-order valence-electron chi connectivity index (χ2n) is 8.54. The molecule has 2 rings (SSSR count). The third-order valence-corrected chi connectivity index (χ3v) is 8.04. The van der Waals surface area contributed by atoms with E-state index >= 15 is 0 Å². The zero-order chi connectivity index (χ0) is 23.6. The van der Waals surface area contributed by atoms with Crippen molar-refractivity contribution in [1.82, 2.24) is 9.21 Å². The lowest BCUT2D eigenvalue weighted by atomic mass is 9.93. The van der Waals surface area contributed by atoms with E-state index < -0.39 is 14.9 Å². The van der Waals surface area contributed by atoms with Gasteiger partial charge in [-0.1, -0.05) is 18.9 Å². The summed E-state index contributed by atoms with van der Waals surface area (Å²) in [5, 5.41) is 10.8. The highest BCUT2D eigenvalue weighted by Gasteiger charge is 2.32. The Morgan fingerprint density at radius 3 is 2.31 bits per heavy atom. The molecule has 0 spiro atoms. The Hall–Kier alpha value is -1.81. The van der Waals surface area contributed by atoms with Gasteiger partial charge >= 0.3 is 0 Å². The van der Waals surface area contributed by atoms with E-state index in [9.17, 15) is 18.5 Å². The molecule has 0 bridgehead atoms. The summed E-state index contributed by atoms with van der Waals surface area (Å²) in [6.07, 6.45) is 9.91. The summed E-state index contributed by atoms with van der Waals surface area (Å²) < 4.78 is 33.2. The van der Waals surface area contributed by atoms with Gasteiger partial charge in [0.15, 0.2) is 0 Å². The first kappa shape index (κ1) is 26.4. The van der Waals surface area contributed by atoms with Gasteiger partial charge in [0.25, 0.3) is 5.69 Å². The van der Waals surface area contributed by atoms with Gasteiger partial charge in [-0.2, -0.15) is 4.31 Å². The molecular weight excluding hydrogens is 430 g/mol. The summed E-state index contributed by atoms with van der Waals surface area (Å²) in [5.41, 5.74) is -0.121. The minimum atomic E-state index is -3.68. The summed E-state index contributed by atoms with van der Waals surface area (Å²) in [4.78, 5) is 12.6. The molecule has 0 N–H and O–H groups in total. The van der Waals surface area contributed by atoms with Crippen molar-refractivity contribution in [2.24, 2.45) is 0 Å². The maximum absolute atomic E-state index is 12.9. The SMILES string of the molecule is C=CCN(C)CCCCCCO[C@H]1CC[C@H](N(C)S(=O)(=O)c2ccc([N+](=O)[O-])cc2)CC1. The minimum absolute atomic E-state index is 0.0809. The smallest absolute Gasteiger partial charge is 0.269 e. The topological polar surface area (TPSA) is 93.0 Å². The van der Waals surface area contributed by atoms with Gasteiger partial charge in [0.05, 0.1) is 15.9 Å². The molecule has 1 saturated carbocycles. The molecule has 8 nitrogen and oxygen atoms in total. The molecule has 9 heteroatoms. The van der Waals surface area contributed by atoms with E-state index in [1.54, 1.807) is 7.05 Å². The fourth-order valence-electron chi connectivity index (χ4n) is 4.08. The van der Waals surface area contributed by atoms with E-state index in [-0.39, 0.29) is 22.7 Å². The van der Waals surface area contributed by atoms with Gasteiger partial charge in [-0.15, -0.1) is 6.58 Å². The lowest BCUT2D eigenvalue weighted by molar-refractivity contribution is -0.384. The van der Waals surface area contributed by atoms with Gasteiger partial charge in [0, 0.05) is 38.4 Å². The first-order valence-electron chi connectivity index (χ1n) is 11.4. The second-order valence-corrected chi connectivity index (χ2v) is 10.5. The van der Waals surface area contributed by atoms with Crippen molar-refractivity contribution < 1.29 is 18.1 Å². The van der Waals surface area contributed by atoms with Crippen LogP contribution in [0.2, 0.25) is 0 Å². The third-order valence-electron chi connectivity index (χ3n) is 6.11. The Morgan fingerprint density at radius 2 is 1.72 bits per heavy atom. The maximum atomic E-state index is 12.9. The highest BCUT2D eigenvalue weighted by atomic mass is 32.2. The van der Waals surface area contributed by atoms with Crippen LogP contribution in [0.3, 0.4) is 0 Å². The molecule has 1 aliphatic rings. The van der Waals surface area contributed by atoms with Crippen molar-refractivity contribution in [2.75, 3.05) is 33.8 Å². The summed E-state index contributed by atoms with van der Waals surface area (Å²) in [5.74, 6) is 0. The van der Waals surface area contributed by atoms with Crippen molar-refractivity contribution in [3.05, 3.63) is 47.0 Å². The van der Waals surface area contributed by atoms with E-state index in [0.717, 1.165) is 58.2 Å². The molecule has 0 atom stereocenters. The van der Waals surface area contributed by atoms with E-state index in [1.165, 1.54) is 41.4 Å². The van der Waals surface area contributed by atoms with Crippen LogP contribution in [-0.4, -0.2) is 68.5 Å². The van der Waals surface area contributed by atoms with E-state index in [2.05, 4.69) is 18.5 Å². The molecule has 0 aliphatic heterocycles. The zero-order valence-electron chi connectivity index (χ0n) is 19.3. The fraction of sp³-hybridized carbons (Fsp3) is 0.652. The molecule has 0 amide bonds. The molecular formula is C23H37N3O5S. The molecule has 0 heterocycles. The maximum Gasteiger partial charge on any atom is 0.269 e. The normalized spacial score (nSPS) is 19.4. The van der Waals surface area contributed by atoms with Gasteiger partial charge in [0.1, 0.15) is 0 Å². The predicted octanol–water partition coefficient (Wildman–Crippen LogP) is 4.22. The molecule has 0 saturated heterocycles. The van der Waals surface area contributed by atoms with Crippen LogP contribution in [0.5, 0.6) is 0 Å². The summed E-state index contributed by atoms with van der Waals surface area (Å²) in [7, 11) is 0.0219. The van der Waals surface area contributed by atoms with Crippen LogP contribution in [0.1, 0.15) is 51.4 Å². The van der Waals surface area contributed by atoms with E-state index in [1.807, 2.05) is 6.08 Å². The number of nitro groups is 1. The molecule has 1 fully saturated rings. The third kappa shape index (κ3) is 7.95. The van der Waals surface area contributed by atoms with E-state index in [4.69, 9.17) is 4.74 Å². The standard InChI is InChI=1S/C23H37N3O5S/c1-4-17-24(2)18-7-5-6-8-19-31-22-13-9-20(10-14-22)25(3)32(29,30)23-15-11-21(12-16-23)26(27)28/h4,11-12,15-16,20,22H,1,5-10,13-14,17-19H2,2-3H3/t20-,22-. The monoisotopic (exact) mass is 467 g/mol. The predicted molar refractivity (Wildman–Crippen MR) is 126 cm³/mol. The van der Waals surface area contributed by atoms with Crippen LogP contribution in [0.4, 0.5) is 5.69 Å². The minimum Gasteiger partial charge on any atom is -0.378 e. The van der Waals surface area contributed by atoms with Crippen molar-refractivity contribution >= 4 is 15.7 Å². The molecule has 180 valence electrons. The number of ether oxygens (including phenoxy) is 1. The highest BCUT2D eigenvalue weighted by Crippen LogP contribution is 2.29. The number of nitrogens with zero attached hydrogens (tertiary/aromatic N) is 3. The number of non-ortho nitro benzene ring substituents is 1. The van der Waals surface area contributed by atoms with Crippen LogP contribution >= 0.6 is 0 Å². The average Bonchev–Trinajstić information content (AvgIpc) is 2.78. The Labute approximate surface area is 192 Å². The molecule has 1 aromatic rings. The Bertz CT molecular complexity index is 821. The number of benzene rings is 1.